The van der Waals surface area contributed by atoms with Crippen LogP contribution in [0.2, 0.25) is 0 Å². The highest BCUT2D eigenvalue weighted by atomic mass is 16.3. The molecule has 0 aliphatic rings. The molecule has 0 spiro atoms. The Balaban J connectivity index is 1.66. The highest BCUT2D eigenvalue weighted by Crippen LogP contribution is 2.19. The molecule has 3 rings (SSSR count). The quantitative estimate of drug-likeness (QED) is 0.642. The average Bonchev–Trinajstić information content (AvgIpc) is 3.30. The fraction of sp³-hybridized carbons (Fsp3) is 0.182. The largest absolute Gasteiger partial charge is 0.467 e. The summed E-state index contributed by atoms with van der Waals surface area (Å²) >= 11 is 0. The lowest BCUT2D eigenvalue weighted by molar-refractivity contribution is -0.111. The molecular formula is C22H23N3O3. The molecule has 0 atom stereocenters. The Bertz CT molecular complexity index is 997. The molecule has 1 aromatic carbocycles. The van der Waals surface area contributed by atoms with Crippen LogP contribution >= 0.6 is 0 Å². The maximum Gasteiger partial charge on any atom is 0.251 e. The lowest BCUT2D eigenvalue weighted by atomic mass is 10.2. The molecule has 3 aromatic rings. The fourth-order valence-corrected chi connectivity index (χ4v) is 3.00. The number of anilines is 1. The van der Waals surface area contributed by atoms with Gasteiger partial charge in [-0.25, -0.2) is 0 Å². The SMILES string of the molecule is CNC(=O)c1ccc(NC(=O)/C=C/c2cc(C)n(Cc3ccco3)c2C)cc1. The van der Waals surface area contributed by atoms with Crippen molar-refractivity contribution >= 4 is 23.6 Å². The zero-order valence-electron chi connectivity index (χ0n) is 16.2. The Morgan fingerprint density at radius 1 is 1.14 bits per heavy atom. The van der Waals surface area contributed by atoms with E-state index in [0.29, 0.717) is 17.8 Å². The predicted octanol–water partition coefficient (Wildman–Crippen LogP) is 3.76. The molecule has 28 heavy (non-hydrogen) atoms. The van der Waals surface area contributed by atoms with Crippen LogP contribution in [0.15, 0.2) is 59.2 Å². The molecule has 0 bridgehead atoms. The first-order valence-electron chi connectivity index (χ1n) is 8.98. The number of furan rings is 1. The van der Waals surface area contributed by atoms with Crippen LogP contribution < -0.4 is 10.6 Å². The van der Waals surface area contributed by atoms with Crippen molar-refractivity contribution in [1.29, 1.82) is 0 Å². The number of nitrogens with zero attached hydrogens (tertiary/aromatic N) is 1. The number of amides is 2. The highest BCUT2D eigenvalue weighted by molar-refractivity contribution is 6.02. The maximum absolute atomic E-state index is 12.2. The standard InChI is InChI=1S/C22H23N3O3/c1-15-13-18(16(2)25(15)14-20-5-4-12-28-20)8-11-21(26)24-19-9-6-17(7-10-19)22(27)23-3/h4-13H,14H2,1-3H3,(H,23,27)(H,24,26)/b11-8+. The Morgan fingerprint density at radius 2 is 1.89 bits per heavy atom. The molecule has 0 fully saturated rings. The molecule has 2 heterocycles. The van der Waals surface area contributed by atoms with Crippen LogP contribution in [0.1, 0.15) is 33.1 Å². The normalized spacial score (nSPS) is 11.0. The third-order valence-electron chi connectivity index (χ3n) is 4.56. The van der Waals surface area contributed by atoms with Crippen LogP contribution in [0.5, 0.6) is 0 Å². The van der Waals surface area contributed by atoms with Gasteiger partial charge in [0.15, 0.2) is 0 Å². The summed E-state index contributed by atoms with van der Waals surface area (Å²) in [6, 6.07) is 12.6. The monoisotopic (exact) mass is 377 g/mol. The first kappa shape index (κ1) is 19.2. The van der Waals surface area contributed by atoms with Crippen LogP contribution in [0, 0.1) is 13.8 Å². The molecule has 6 heteroatoms. The van der Waals surface area contributed by atoms with Crippen molar-refractivity contribution in [1.82, 2.24) is 9.88 Å². The smallest absolute Gasteiger partial charge is 0.251 e. The molecule has 2 amide bonds. The topological polar surface area (TPSA) is 76.3 Å². The maximum atomic E-state index is 12.2. The van der Waals surface area contributed by atoms with Gasteiger partial charge in [-0.05, 0) is 68.0 Å². The minimum absolute atomic E-state index is 0.164. The van der Waals surface area contributed by atoms with Gasteiger partial charge in [0.25, 0.3) is 5.91 Å². The number of benzene rings is 1. The minimum atomic E-state index is -0.233. The number of rotatable bonds is 6. The molecule has 0 saturated heterocycles. The highest BCUT2D eigenvalue weighted by Gasteiger charge is 2.09. The van der Waals surface area contributed by atoms with E-state index in [2.05, 4.69) is 15.2 Å². The lowest BCUT2D eigenvalue weighted by Gasteiger charge is -2.07. The molecule has 0 unspecified atom stereocenters. The van der Waals surface area contributed by atoms with E-state index in [1.807, 2.05) is 32.0 Å². The van der Waals surface area contributed by atoms with Crippen molar-refractivity contribution in [3.63, 3.8) is 0 Å². The fourth-order valence-electron chi connectivity index (χ4n) is 3.00. The number of hydrogen-bond acceptors (Lipinski definition) is 3. The summed E-state index contributed by atoms with van der Waals surface area (Å²) in [6.07, 6.45) is 4.97. The summed E-state index contributed by atoms with van der Waals surface area (Å²) in [4.78, 5) is 23.8. The molecular weight excluding hydrogens is 354 g/mol. The van der Waals surface area contributed by atoms with E-state index in [4.69, 9.17) is 4.42 Å². The molecule has 0 saturated carbocycles. The van der Waals surface area contributed by atoms with E-state index in [-0.39, 0.29) is 11.8 Å². The van der Waals surface area contributed by atoms with Crippen molar-refractivity contribution in [3.05, 3.63) is 83.1 Å². The van der Waals surface area contributed by atoms with Crippen LogP contribution in [-0.4, -0.2) is 23.4 Å². The zero-order chi connectivity index (χ0) is 20.1. The molecule has 0 aliphatic carbocycles. The molecule has 144 valence electrons. The van der Waals surface area contributed by atoms with Gasteiger partial charge in [-0.15, -0.1) is 0 Å². The van der Waals surface area contributed by atoms with E-state index in [1.54, 1.807) is 43.7 Å². The summed E-state index contributed by atoms with van der Waals surface area (Å²) < 4.78 is 7.57. The number of hydrogen-bond donors (Lipinski definition) is 2. The molecule has 2 aromatic heterocycles. The Labute approximate surface area is 163 Å². The number of aryl methyl sites for hydroxylation is 1. The van der Waals surface area contributed by atoms with Crippen LogP contribution in [0.25, 0.3) is 6.08 Å². The minimum Gasteiger partial charge on any atom is -0.467 e. The number of carbonyl (C=O) groups is 2. The van der Waals surface area contributed by atoms with Crippen LogP contribution in [0.4, 0.5) is 5.69 Å². The third-order valence-corrected chi connectivity index (χ3v) is 4.56. The zero-order valence-corrected chi connectivity index (χ0v) is 16.2. The average molecular weight is 377 g/mol. The van der Waals surface area contributed by atoms with E-state index in [0.717, 1.165) is 22.7 Å². The van der Waals surface area contributed by atoms with E-state index < -0.39 is 0 Å². The van der Waals surface area contributed by atoms with Crippen molar-refractivity contribution in [2.75, 3.05) is 12.4 Å². The number of nitrogens with one attached hydrogen (secondary N) is 2. The van der Waals surface area contributed by atoms with Gasteiger partial charge in [-0.1, -0.05) is 0 Å². The second-order valence-corrected chi connectivity index (χ2v) is 6.47. The summed E-state index contributed by atoms with van der Waals surface area (Å²) in [5.41, 5.74) is 4.31. The summed E-state index contributed by atoms with van der Waals surface area (Å²) in [5, 5.41) is 5.35. The van der Waals surface area contributed by atoms with Crippen LogP contribution in [0.3, 0.4) is 0 Å². The second-order valence-electron chi connectivity index (χ2n) is 6.47. The molecule has 6 nitrogen and oxygen atoms in total. The summed E-state index contributed by atoms with van der Waals surface area (Å²) in [5.74, 6) is 0.487. The van der Waals surface area contributed by atoms with Crippen molar-refractivity contribution in [3.8, 4) is 0 Å². The van der Waals surface area contributed by atoms with Gasteiger partial charge in [0.05, 0.1) is 12.8 Å². The van der Waals surface area contributed by atoms with Crippen molar-refractivity contribution in [2.24, 2.45) is 0 Å². The van der Waals surface area contributed by atoms with E-state index in [9.17, 15) is 9.59 Å². The predicted molar refractivity (Wildman–Crippen MR) is 109 cm³/mol. The number of aromatic nitrogens is 1. The van der Waals surface area contributed by atoms with Gasteiger partial charge >= 0.3 is 0 Å². The van der Waals surface area contributed by atoms with Gasteiger partial charge in [0.1, 0.15) is 5.76 Å². The first-order valence-corrected chi connectivity index (χ1v) is 8.98. The van der Waals surface area contributed by atoms with Gasteiger partial charge in [-0.3, -0.25) is 9.59 Å². The van der Waals surface area contributed by atoms with Gasteiger partial charge in [0.2, 0.25) is 5.91 Å². The van der Waals surface area contributed by atoms with E-state index in [1.165, 1.54) is 6.08 Å². The van der Waals surface area contributed by atoms with Gasteiger partial charge in [0, 0.05) is 35.8 Å². The molecule has 0 radical (unpaired) electrons. The number of carbonyl (C=O) groups excluding carboxylic acids is 2. The first-order chi connectivity index (χ1) is 13.5. The van der Waals surface area contributed by atoms with Crippen molar-refractivity contribution < 1.29 is 14.0 Å². The lowest BCUT2D eigenvalue weighted by Crippen LogP contribution is -2.17. The van der Waals surface area contributed by atoms with Gasteiger partial charge in [-0.2, -0.15) is 0 Å². The second kappa shape index (κ2) is 8.43. The Hall–Kier alpha value is -3.54. The van der Waals surface area contributed by atoms with Crippen LogP contribution in [-0.2, 0) is 11.3 Å². The Morgan fingerprint density at radius 3 is 2.54 bits per heavy atom. The summed E-state index contributed by atoms with van der Waals surface area (Å²) in [6.45, 7) is 4.70. The third kappa shape index (κ3) is 4.40. The Kier molecular flexibility index (Phi) is 5.79. The van der Waals surface area contributed by atoms with Crippen molar-refractivity contribution in [2.45, 2.75) is 20.4 Å². The van der Waals surface area contributed by atoms with E-state index >= 15 is 0 Å². The van der Waals surface area contributed by atoms with Gasteiger partial charge < -0.3 is 19.6 Å². The molecule has 0 aliphatic heterocycles. The summed E-state index contributed by atoms with van der Waals surface area (Å²) in [7, 11) is 1.58. The molecule has 2 N–H and O–H groups in total.